The highest BCUT2D eigenvalue weighted by molar-refractivity contribution is 6.10. The molecule has 2 heterocycles. The lowest BCUT2D eigenvalue weighted by Gasteiger charge is -2.14. The highest BCUT2D eigenvalue weighted by Gasteiger charge is 2.21. The predicted octanol–water partition coefficient (Wildman–Crippen LogP) is 3.85. The largest absolute Gasteiger partial charge is 0.351 e. The van der Waals surface area contributed by atoms with Crippen LogP contribution in [-0.2, 0) is 7.05 Å². The molecule has 3 aromatic rings. The van der Waals surface area contributed by atoms with Crippen molar-refractivity contribution in [2.75, 3.05) is 6.54 Å². The number of fused-ring (bicyclic) bond motifs is 3. The van der Waals surface area contributed by atoms with Crippen molar-refractivity contribution < 1.29 is 4.79 Å². The summed E-state index contributed by atoms with van der Waals surface area (Å²) in [5.74, 6) is 0.0100. The third kappa shape index (κ3) is 2.10. The van der Waals surface area contributed by atoms with Crippen molar-refractivity contribution in [2.24, 2.45) is 7.05 Å². The fourth-order valence-electron chi connectivity index (χ4n) is 3.17. The number of aromatic nitrogens is 2. The van der Waals surface area contributed by atoms with Gasteiger partial charge in [0.15, 0.2) is 0 Å². The van der Waals surface area contributed by atoms with Gasteiger partial charge in [-0.05, 0) is 32.4 Å². The first-order valence-corrected chi connectivity index (χ1v) is 7.92. The van der Waals surface area contributed by atoms with Crippen LogP contribution in [0.25, 0.3) is 21.9 Å². The standard InChI is InChI=1S/C18H23N3O/c1-5-10-19-18(22)16-11-15-17(21(16)12(2)3)13-8-6-7-9-14(13)20(15)4/h6-9,11-12H,5,10H2,1-4H3,(H,19,22). The molecule has 0 spiro atoms. The fourth-order valence-corrected chi connectivity index (χ4v) is 3.17. The second-order valence-electron chi connectivity index (χ2n) is 6.06. The molecule has 0 aliphatic rings. The van der Waals surface area contributed by atoms with Crippen LogP contribution in [-0.4, -0.2) is 21.6 Å². The smallest absolute Gasteiger partial charge is 0.268 e. The number of amides is 1. The minimum absolute atomic E-state index is 0.0100. The summed E-state index contributed by atoms with van der Waals surface area (Å²) in [7, 11) is 2.06. The molecule has 0 aliphatic carbocycles. The van der Waals surface area contributed by atoms with Crippen molar-refractivity contribution in [3.05, 3.63) is 36.0 Å². The zero-order valence-corrected chi connectivity index (χ0v) is 13.7. The van der Waals surface area contributed by atoms with Gasteiger partial charge in [0.2, 0.25) is 0 Å². The summed E-state index contributed by atoms with van der Waals surface area (Å²) in [6.45, 7) is 7.01. The highest BCUT2D eigenvalue weighted by atomic mass is 16.1. The molecule has 22 heavy (non-hydrogen) atoms. The van der Waals surface area contributed by atoms with E-state index in [1.807, 2.05) is 6.07 Å². The molecule has 0 radical (unpaired) electrons. The van der Waals surface area contributed by atoms with Crippen LogP contribution in [0, 0.1) is 0 Å². The van der Waals surface area contributed by atoms with Crippen molar-refractivity contribution in [3.63, 3.8) is 0 Å². The molecule has 0 aliphatic heterocycles. The molecular weight excluding hydrogens is 274 g/mol. The Morgan fingerprint density at radius 2 is 1.95 bits per heavy atom. The van der Waals surface area contributed by atoms with Crippen molar-refractivity contribution in [1.82, 2.24) is 14.5 Å². The lowest BCUT2D eigenvalue weighted by atomic mass is 10.2. The number of rotatable bonds is 4. The molecule has 0 unspecified atom stereocenters. The van der Waals surface area contributed by atoms with Gasteiger partial charge in [-0.1, -0.05) is 25.1 Å². The Morgan fingerprint density at radius 3 is 2.64 bits per heavy atom. The maximum absolute atomic E-state index is 12.5. The molecule has 0 saturated heterocycles. The Hall–Kier alpha value is -2.23. The SMILES string of the molecule is CCCNC(=O)c1cc2c(c3ccccc3n2C)n1C(C)C. The third-order valence-corrected chi connectivity index (χ3v) is 4.18. The number of para-hydroxylation sites is 1. The molecule has 116 valence electrons. The van der Waals surface area contributed by atoms with Gasteiger partial charge in [0.1, 0.15) is 5.69 Å². The van der Waals surface area contributed by atoms with Gasteiger partial charge in [-0.2, -0.15) is 0 Å². The molecule has 0 fully saturated rings. The molecule has 1 aromatic carbocycles. The lowest BCUT2D eigenvalue weighted by molar-refractivity contribution is 0.0943. The Labute approximate surface area is 130 Å². The molecule has 0 saturated carbocycles. The second-order valence-corrected chi connectivity index (χ2v) is 6.06. The van der Waals surface area contributed by atoms with E-state index in [0.717, 1.165) is 23.1 Å². The number of benzene rings is 1. The molecule has 2 aromatic heterocycles. The molecule has 4 heteroatoms. The van der Waals surface area contributed by atoms with E-state index in [9.17, 15) is 4.79 Å². The average molecular weight is 297 g/mol. The molecule has 4 nitrogen and oxygen atoms in total. The molecule has 0 bridgehead atoms. The van der Waals surface area contributed by atoms with Crippen molar-refractivity contribution in [3.8, 4) is 0 Å². The lowest BCUT2D eigenvalue weighted by Crippen LogP contribution is -2.27. The second kappa shape index (κ2) is 5.52. The van der Waals surface area contributed by atoms with Gasteiger partial charge in [-0.3, -0.25) is 4.79 Å². The number of carbonyl (C=O) groups is 1. The van der Waals surface area contributed by atoms with Crippen LogP contribution in [0.4, 0.5) is 0 Å². The van der Waals surface area contributed by atoms with E-state index in [1.165, 1.54) is 10.9 Å². The third-order valence-electron chi connectivity index (χ3n) is 4.18. The van der Waals surface area contributed by atoms with Crippen LogP contribution in [0.3, 0.4) is 0 Å². The van der Waals surface area contributed by atoms with Gasteiger partial charge in [0, 0.05) is 25.0 Å². The quantitative estimate of drug-likeness (QED) is 0.780. The minimum Gasteiger partial charge on any atom is -0.351 e. The molecule has 0 atom stereocenters. The maximum atomic E-state index is 12.5. The van der Waals surface area contributed by atoms with E-state index in [0.29, 0.717) is 6.54 Å². The summed E-state index contributed by atoms with van der Waals surface area (Å²) in [5.41, 5.74) is 4.20. The Kier molecular flexibility index (Phi) is 3.69. The van der Waals surface area contributed by atoms with Crippen LogP contribution < -0.4 is 5.32 Å². The van der Waals surface area contributed by atoms with Crippen molar-refractivity contribution in [2.45, 2.75) is 33.2 Å². The maximum Gasteiger partial charge on any atom is 0.268 e. The molecular formula is C18H23N3O. The van der Waals surface area contributed by atoms with Crippen molar-refractivity contribution in [1.29, 1.82) is 0 Å². The van der Waals surface area contributed by atoms with Gasteiger partial charge >= 0.3 is 0 Å². The summed E-state index contributed by atoms with van der Waals surface area (Å²) in [6.07, 6.45) is 0.941. The van der Waals surface area contributed by atoms with E-state index in [1.54, 1.807) is 0 Å². The average Bonchev–Trinajstić information content (AvgIpc) is 3.02. The van der Waals surface area contributed by atoms with Crippen LogP contribution in [0.15, 0.2) is 30.3 Å². The number of aryl methyl sites for hydroxylation is 1. The summed E-state index contributed by atoms with van der Waals surface area (Å²) in [6, 6.07) is 10.6. The Morgan fingerprint density at radius 1 is 1.23 bits per heavy atom. The van der Waals surface area contributed by atoms with Crippen LogP contribution in [0.1, 0.15) is 43.7 Å². The van der Waals surface area contributed by atoms with Gasteiger partial charge in [-0.15, -0.1) is 0 Å². The summed E-state index contributed by atoms with van der Waals surface area (Å²) < 4.78 is 4.32. The van der Waals surface area contributed by atoms with Gasteiger partial charge < -0.3 is 14.5 Å². The van der Waals surface area contributed by atoms with E-state index < -0.39 is 0 Å². The number of hydrogen-bond acceptors (Lipinski definition) is 1. The van der Waals surface area contributed by atoms with E-state index in [-0.39, 0.29) is 11.9 Å². The zero-order valence-electron chi connectivity index (χ0n) is 13.7. The molecule has 3 rings (SSSR count). The fraction of sp³-hybridized carbons (Fsp3) is 0.389. The normalized spacial score (nSPS) is 11.7. The first kappa shape index (κ1) is 14.7. The molecule has 1 amide bonds. The number of nitrogens with one attached hydrogen (secondary N) is 1. The Bertz CT molecular complexity index is 839. The van der Waals surface area contributed by atoms with E-state index in [2.05, 4.69) is 66.5 Å². The highest BCUT2D eigenvalue weighted by Crippen LogP contribution is 2.33. The monoisotopic (exact) mass is 297 g/mol. The van der Waals surface area contributed by atoms with Gasteiger partial charge in [-0.25, -0.2) is 0 Å². The summed E-state index contributed by atoms with van der Waals surface area (Å²) in [5, 5.41) is 4.19. The van der Waals surface area contributed by atoms with E-state index in [4.69, 9.17) is 0 Å². The predicted molar refractivity (Wildman–Crippen MR) is 91.4 cm³/mol. The number of hydrogen-bond donors (Lipinski definition) is 1. The van der Waals surface area contributed by atoms with Gasteiger partial charge in [0.05, 0.1) is 16.6 Å². The molecule has 1 N–H and O–H groups in total. The van der Waals surface area contributed by atoms with Crippen LogP contribution >= 0.6 is 0 Å². The summed E-state index contributed by atoms with van der Waals surface area (Å²) in [4.78, 5) is 12.5. The first-order valence-electron chi connectivity index (χ1n) is 7.92. The van der Waals surface area contributed by atoms with Crippen LogP contribution in [0.2, 0.25) is 0 Å². The number of nitrogens with zero attached hydrogens (tertiary/aromatic N) is 2. The Balaban J connectivity index is 2.29. The van der Waals surface area contributed by atoms with Gasteiger partial charge in [0.25, 0.3) is 5.91 Å². The van der Waals surface area contributed by atoms with Crippen LogP contribution in [0.5, 0.6) is 0 Å². The minimum atomic E-state index is 0.0100. The van der Waals surface area contributed by atoms with Crippen molar-refractivity contribution >= 4 is 27.8 Å². The summed E-state index contributed by atoms with van der Waals surface area (Å²) >= 11 is 0. The van der Waals surface area contributed by atoms with E-state index >= 15 is 0 Å². The first-order chi connectivity index (χ1) is 10.6. The number of carbonyl (C=O) groups excluding carboxylic acids is 1. The topological polar surface area (TPSA) is 39.0 Å². The zero-order chi connectivity index (χ0) is 15.9.